The van der Waals surface area contributed by atoms with Gasteiger partial charge in [-0.2, -0.15) is 0 Å². The molecule has 21 heavy (non-hydrogen) atoms. The van der Waals surface area contributed by atoms with Crippen LogP contribution in [-0.4, -0.2) is 29.2 Å². The minimum atomic E-state index is -0.220. The van der Waals surface area contributed by atoms with Crippen molar-refractivity contribution in [3.8, 4) is 0 Å². The molecule has 0 amide bonds. The second-order valence-electron chi connectivity index (χ2n) is 6.03. The maximum atomic E-state index is 10.4. The minimum Gasteiger partial charge on any atom is -0.391 e. The fraction of sp³-hybridized carbons (Fsp3) is 0.368. The van der Waals surface area contributed by atoms with Crippen molar-refractivity contribution in [2.45, 2.75) is 25.5 Å². The molecule has 1 aliphatic heterocycles. The number of rotatable bonds is 4. The van der Waals surface area contributed by atoms with E-state index in [2.05, 4.69) is 53.4 Å². The van der Waals surface area contributed by atoms with E-state index < -0.39 is 0 Å². The highest BCUT2D eigenvalue weighted by atomic mass is 16.3. The summed E-state index contributed by atoms with van der Waals surface area (Å²) in [5.74, 6) is 0.388. The van der Waals surface area contributed by atoms with Crippen LogP contribution in [0.5, 0.6) is 0 Å². The molecule has 0 spiro atoms. The van der Waals surface area contributed by atoms with Crippen molar-refractivity contribution in [3.63, 3.8) is 0 Å². The number of piperidine rings is 1. The third-order valence-corrected chi connectivity index (χ3v) is 4.40. The van der Waals surface area contributed by atoms with Crippen LogP contribution in [0.4, 0.5) is 0 Å². The Balaban J connectivity index is 1.54. The summed E-state index contributed by atoms with van der Waals surface area (Å²) in [6, 6.07) is 21.0. The van der Waals surface area contributed by atoms with Gasteiger partial charge in [-0.25, -0.2) is 0 Å². The number of hydrogen-bond acceptors (Lipinski definition) is 2. The molecular weight excluding hydrogens is 258 g/mol. The predicted molar refractivity (Wildman–Crippen MR) is 86.0 cm³/mol. The standard InChI is InChI=1S/C19H23NO/c21-19-15-20(14-17-9-5-2-6-10-17)12-11-18(19)13-16-7-3-1-4-8-16/h1-10,18-19,21H,11-15H2/t18-,19+/m0/s1. The summed E-state index contributed by atoms with van der Waals surface area (Å²) in [7, 11) is 0. The SMILES string of the molecule is O[C@@H]1CN(Cc2ccccc2)CC[C@H]1Cc1ccccc1. The summed E-state index contributed by atoms with van der Waals surface area (Å²) in [6.07, 6.45) is 1.84. The molecule has 110 valence electrons. The van der Waals surface area contributed by atoms with Gasteiger partial charge in [0.15, 0.2) is 0 Å². The Kier molecular flexibility index (Phi) is 4.69. The topological polar surface area (TPSA) is 23.5 Å². The van der Waals surface area contributed by atoms with Crippen LogP contribution in [-0.2, 0) is 13.0 Å². The Morgan fingerprint density at radius 2 is 1.52 bits per heavy atom. The lowest BCUT2D eigenvalue weighted by molar-refractivity contribution is 0.0187. The largest absolute Gasteiger partial charge is 0.391 e. The Hall–Kier alpha value is -1.64. The van der Waals surface area contributed by atoms with Crippen LogP contribution < -0.4 is 0 Å². The van der Waals surface area contributed by atoms with E-state index in [4.69, 9.17) is 0 Å². The van der Waals surface area contributed by atoms with E-state index in [1.54, 1.807) is 0 Å². The number of aliphatic hydroxyl groups excluding tert-OH is 1. The van der Waals surface area contributed by atoms with E-state index in [0.717, 1.165) is 32.5 Å². The van der Waals surface area contributed by atoms with Crippen molar-refractivity contribution in [3.05, 3.63) is 71.8 Å². The number of likely N-dealkylation sites (tertiary alicyclic amines) is 1. The highest BCUT2D eigenvalue weighted by Gasteiger charge is 2.27. The van der Waals surface area contributed by atoms with Crippen LogP contribution in [0.2, 0.25) is 0 Å². The van der Waals surface area contributed by atoms with Crippen molar-refractivity contribution < 1.29 is 5.11 Å². The first-order valence-corrected chi connectivity index (χ1v) is 7.79. The minimum absolute atomic E-state index is 0.220. The van der Waals surface area contributed by atoms with Crippen molar-refractivity contribution in [2.75, 3.05) is 13.1 Å². The molecule has 0 unspecified atom stereocenters. The molecule has 0 bridgehead atoms. The molecule has 2 aromatic rings. The molecule has 0 radical (unpaired) electrons. The van der Waals surface area contributed by atoms with E-state index in [9.17, 15) is 5.11 Å². The zero-order valence-corrected chi connectivity index (χ0v) is 12.4. The molecule has 2 atom stereocenters. The fourth-order valence-corrected chi connectivity index (χ4v) is 3.19. The van der Waals surface area contributed by atoms with Crippen LogP contribution in [0.1, 0.15) is 17.5 Å². The number of benzene rings is 2. The summed E-state index contributed by atoms with van der Waals surface area (Å²) < 4.78 is 0. The third kappa shape index (κ3) is 3.93. The maximum absolute atomic E-state index is 10.4. The number of β-amino-alcohol motifs (C(OH)–C–C–N with tert-alkyl or cyclic N) is 1. The molecule has 0 aliphatic carbocycles. The van der Waals surface area contributed by atoms with Crippen molar-refractivity contribution >= 4 is 0 Å². The van der Waals surface area contributed by atoms with E-state index >= 15 is 0 Å². The van der Waals surface area contributed by atoms with Crippen LogP contribution in [0, 0.1) is 5.92 Å². The first kappa shape index (κ1) is 14.3. The van der Waals surface area contributed by atoms with Crippen LogP contribution in [0.3, 0.4) is 0 Å². The predicted octanol–water partition coefficient (Wildman–Crippen LogP) is 3.11. The molecule has 2 heteroatoms. The summed E-state index contributed by atoms with van der Waals surface area (Å²) in [5, 5.41) is 10.4. The molecule has 1 N–H and O–H groups in total. The second-order valence-corrected chi connectivity index (χ2v) is 6.03. The van der Waals surface area contributed by atoms with Gasteiger partial charge in [0.05, 0.1) is 6.10 Å². The summed E-state index contributed by atoms with van der Waals surface area (Å²) in [5.41, 5.74) is 2.66. The molecule has 0 aromatic heterocycles. The quantitative estimate of drug-likeness (QED) is 0.931. The summed E-state index contributed by atoms with van der Waals surface area (Å²) >= 11 is 0. The van der Waals surface area contributed by atoms with Gasteiger partial charge in [0.25, 0.3) is 0 Å². The lowest BCUT2D eigenvalue weighted by atomic mass is 9.88. The van der Waals surface area contributed by atoms with Gasteiger partial charge in [-0.15, -0.1) is 0 Å². The first-order chi connectivity index (χ1) is 10.3. The van der Waals surface area contributed by atoms with Crippen LogP contribution in [0.25, 0.3) is 0 Å². The van der Waals surface area contributed by atoms with Gasteiger partial charge in [-0.1, -0.05) is 60.7 Å². The number of hydrogen-bond donors (Lipinski definition) is 1. The average Bonchev–Trinajstić information content (AvgIpc) is 2.52. The van der Waals surface area contributed by atoms with E-state index in [-0.39, 0.29) is 6.10 Å². The van der Waals surface area contributed by atoms with E-state index in [1.165, 1.54) is 11.1 Å². The van der Waals surface area contributed by atoms with Crippen molar-refractivity contribution in [1.29, 1.82) is 0 Å². The zero-order chi connectivity index (χ0) is 14.5. The lowest BCUT2D eigenvalue weighted by Gasteiger charge is -2.36. The van der Waals surface area contributed by atoms with E-state index in [0.29, 0.717) is 5.92 Å². The van der Waals surface area contributed by atoms with Crippen LogP contribution in [0.15, 0.2) is 60.7 Å². The molecule has 1 saturated heterocycles. The van der Waals surface area contributed by atoms with Gasteiger partial charge in [0.2, 0.25) is 0 Å². The Bertz CT molecular complexity index is 540. The lowest BCUT2D eigenvalue weighted by Crippen LogP contribution is -2.44. The van der Waals surface area contributed by atoms with Gasteiger partial charge in [-0.3, -0.25) is 4.90 Å². The molecule has 1 fully saturated rings. The van der Waals surface area contributed by atoms with Gasteiger partial charge >= 0.3 is 0 Å². The number of aliphatic hydroxyl groups is 1. The maximum Gasteiger partial charge on any atom is 0.0699 e. The molecule has 0 saturated carbocycles. The fourth-order valence-electron chi connectivity index (χ4n) is 3.19. The van der Waals surface area contributed by atoms with Crippen LogP contribution >= 0.6 is 0 Å². The van der Waals surface area contributed by atoms with Gasteiger partial charge in [0, 0.05) is 13.1 Å². The third-order valence-electron chi connectivity index (χ3n) is 4.40. The summed E-state index contributed by atoms with van der Waals surface area (Å²) in [4.78, 5) is 2.36. The molecule has 1 aliphatic rings. The molecule has 1 heterocycles. The highest BCUT2D eigenvalue weighted by Crippen LogP contribution is 2.23. The molecular formula is C19H23NO. The van der Waals surface area contributed by atoms with Crippen molar-refractivity contribution in [2.24, 2.45) is 5.92 Å². The smallest absolute Gasteiger partial charge is 0.0699 e. The van der Waals surface area contributed by atoms with E-state index in [1.807, 2.05) is 12.1 Å². The van der Waals surface area contributed by atoms with Crippen molar-refractivity contribution in [1.82, 2.24) is 4.90 Å². The van der Waals surface area contributed by atoms with Gasteiger partial charge < -0.3 is 5.11 Å². The highest BCUT2D eigenvalue weighted by molar-refractivity contribution is 5.16. The molecule has 3 rings (SSSR count). The molecule has 2 aromatic carbocycles. The Morgan fingerprint density at radius 1 is 0.905 bits per heavy atom. The Labute approximate surface area is 127 Å². The Morgan fingerprint density at radius 3 is 2.14 bits per heavy atom. The zero-order valence-electron chi connectivity index (χ0n) is 12.4. The average molecular weight is 281 g/mol. The van der Waals surface area contributed by atoms with Gasteiger partial charge in [0.1, 0.15) is 0 Å². The second kappa shape index (κ2) is 6.88. The number of nitrogens with zero attached hydrogens (tertiary/aromatic N) is 1. The normalized spacial score (nSPS) is 23.1. The monoisotopic (exact) mass is 281 g/mol. The first-order valence-electron chi connectivity index (χ1n) is 7.79. The summed E-state index contributed by atoms with van der Waals surface area (Å²) in [6.45, 7) is 2.80. The molecule has 2 nitrogen and oxygen atoms in total. The van der Waals surface area contributed by atoms with Gasteiger partial charge in [-0.05, 0) is 36.4 Å².